The van der Waals surface area contributed by atoms with Crippen LogP contribution >= 0.6 is 0 Å². The van der Waals surface area contributed by atoms with Crippen LogP contribution in [0, 0.1) is 0 Å². The molecule has 0 saturated carbocycles. The first-order valence-corrected chi connectivity index (χ1v) is 10.5. The Balaban J connectivity index is 1.58. The minimum absolute atomic E-state index is 0.0746. The van der Waals surface area contributed by atoms with Crippen LogP contribution < -0.4 is 10.0 Å². The Kier molecular flexibility index (Phi) is 5.97. The Morgan fingerprint density at radius 3 is 2.52 bits per heavy atom. The second-order valence-corrected chi connectivity index (χ2v) is 8.11. The molecule has 1 amide bonds. The summed E-state index contributed by atoms with van der Waals surface area (Å²) in [7, 11) is -3.69. The van der Waals surface area contributed by atoms with Crippen molar-refractivity contribution in [3.63, 3.8) is 0 Å². The molecule has 0 fully saturated rings. The van der Waals surface area contributed by atoms with Crippen molar-refractivity contribution in [2.24, 2.45) is 4.99 Å². The summed E-state index contributed by atoms with van der Waals surface area (Å²) in [6.45, 7) is 3.03. The third-order valence-corrected chi connectivity index (χ3v) is 5.72. The second-order valence-electron chi connectivity index (χ2n) is 6.46. The molecule has 1 atom stereocenters. The molecule has 0 radical (unpaired) electrons. The molecule has 9 heteroatoms. The normalized spacial score (nSPS) is 16.6. The molecule has 152 valence electrons. The van der Waals surface area contributed by atoms with E-state index in [1.807, 2.05) is 19.1 Å². The number of sulfonamides is 1. The van der Waals surface area contributed by atoms with Crippen LogP contribution in [0.2, 0.25) is 0 Å². The average molecular weight is 415 g/mol. The molecule has 3 rings (SSSR count). The zero-order chi connectivity index (χ0) is 21.0. The third kappa shape index (κ3) is 4.80. The highest BCUT2D eigenvalue weighted by Crippen LogP contribution is 2.22. The summed E-state index contributed by atoms with van der Waals surface area (Å²) in [5.74, 6) is -1.14. The fraction of sp³-hybridized carbons (Fsp3) is 0.250. The van der Waals surface area contributed by atoms with E-state index in [0.717, 1.165) is 12.0 Å². The molecule has 1 aliphatic heterocycles. The van der Waals surface area contributed by atoms with Gasteiger partial charge in [0, 0.05) is 11.3 Å². The molecule has 1 heterocycles. The van der Waals surface area contributed by atoms with Gasteiger partial charge < -0.3 is 10.1 Å². The number of nitrogens with zero attached hydrogens (tertiary/aromatic N) is 1. The molecule has 0 spiro atoms. The van der Waals surface area contributed by atoms with E-state index in [-0.39, 0.29) is 10.7 Å². The molecule has 0 unspecified atom stereocenters. The van der Waals surface area contributed by atoms with Gasteiger partial charge in [0.25, 0.3) is 15.9 Å². The van der Waals surface area contributed by atoms with Crippen LogP contribution in [0.4, 0.5) is 5.69 Å². The van der Waals surface area contributed by atoms with Crippen LogP contribution in [-0.2, 0) is 30.8 Å². The van der Waals surface area contributed by atoms with Gasteiger partial charge in [-0.15, -0.1) is 0 Å². The Morgan fingerprint density at radius 2 is 1.83 bits per heavy atom. The van der Waals surface area contributed by atoms with Gasteiger partial charge >= 0.3 is 5.97 Å². The number of carbonyl (C=O) groups is 2. The van der Waals surface area contributed by atoms with Crippen molar-refractivity contribution in [2.75, 3.05) is 11.9 Å². The van der Waals surface area contributed by atoms with Gasteiger partial charge in [-0.3, -0.25) is 14.5 Å². The van der Waals surface area contributed by atoms with Crippen LogP contribution in [0.3, 0.4) is 0 Å². The Morgan fingerprint density at radius 1 is 1.14 bits per heavy atom. The number of amidine groups is 1. The molecular formula is C20H21N3O5S. The topological polar surface area (TPSA) is 114 Å². The third-order valence-electron chi connectivity index (χ3n) is 4.32. The first kappa shape index (κ1) is 20.5. The molecule has 0 aromatic heterocycles. The predicted molar refractivity (Wildman–Crippen MR) is 108 cm³/mol. The van der Waals surface area contributed by atoms with Gasteiger partial charge in [-0.05, 0) is 43.2 Å². The standard InChI is InChI=1S/C20H21N3O5S/c1-3-14-8-10-15(11-9-14)22-18(24)12-28-20(25)13(2)21-19-16-6-4-5-7-17(16)29(26,27)23-19/h4-11,13H,3,12H2,1-2H3,(H,21,23)(H,22,24)/t13-/m1/s1. The van der Waals surface area contributed by atoms with Gasteiger partial charge in [0.05, 0.1) is 4.90 Å². The van der Waals surface area contributed by atoms with Gasteiger partial charge in [0.15, 0.2) is 6.61 Å². The number of nitrogens with one attached hydrogen (secondary N) is 2. The van der Waals surface area contributed by atoms with Gasteiger partial charge in [-0.2, -0.15) is 0 Å². The highest BCUT2D eigenvalue weighted by Gasteiger charge is 2.31. The molecule has 0 aliphatic carbocycles. The van der Waals surface area contributed by atoms with Crippen LogP contribution in [0.1, 0.15) is 25.0 Å². The van der Waals surface area contributed by atoms with Crippen molar-refractivity contribution >= 4 is 33.4 Å². The number of esters is 1. The second kappa shape index (κ2) is 8.44. The van der Waals surface area contributed by atoms with Gasteiger partial charge in [0.1, 0.15) is 11.9 Å². The smallest absolute Gasteiger partial charge is 0.331 e. The number of fused-ring (bicyclic) bond motifs is 1. The lowest BCUT2D eigenvalue weighted by molar-refractivity contribution is -0.148. The van der Waals surface area contributed by atoms with E-state index in [1.165, 1.54) is 13.0 Å². The Hall–Kier alpha value is -3.20. The van der Waals surface area contributed by atoms with Crippen LogP contribution in [0.25, 0.3) is 0 Å². The maximum Gasteiger partial charge on any atom is 0.331 e. The molecule has 0 saturated heterocycles. The highest BCUT2D eigenvalue weighted by atomic mass is 32.2. The lowest BCUT2D eigenvalue weighted by Crippen LogP contribution is -2.28. The SMILES string of the molecule is CCc1ccc(NC(=O)COC(=O)[C@@H](C)N=C2NS(=O)(=O)c3ccccc32)cc1. The van der Waals surface area contributed by atoms with Gasteiger partial charge in [-0.1, -0.05) is 31.2 Å². The first-order valence-electron chi connectivity index (χ1n) is 9.05. The maximum atomic E-state index is 12.2. The van der Waals surface area contributed by atoms with E-state index in [4.69, 9.17) is 4.74 Å². The molecule has 0 bridgehead atoms. The van der Waals surface area contributed by atoms with E-state index in [0.29, 0.717) is 11.3 Å². The number of aliphatic imine (C=N–C) groups is 1. The molecule has 1 aliphatic rings. The lowest BCUT2D eigenvalue weighted by atomic mass is 10.1. The molecule has 8 nitrogen and oxygen atoms in total. The number of carbonyl (C=O) groups excluding carboxylic acids is 2. The zero-order valence-corrected chi connectivity index (χ0v) is 16.8. The summed E-state index contributed by atoms with van der Waals surface area (Å²) in [6, 6.07) is 12.7. The summed E-state index contributed by atoms with van der Waals surface area (Å²) < 4.78 is 31.5. The van der Waals surface area contributed by atoms with E-state index in [2.05, 4.69) is 15.0 Å². The number of amides is 1. The minimum Gasteiger partial charge on any atom is -0.454 e. The molecule has 2 N–H and O–H groups in total. The minimum atomic E-state index is -3.69. The quantitative estimate of drug-likeness (QED) is 0.699. The predicted octanol–water partition coefficient (Wildman–Crippen LogP) is 1.86. The summed E-state index contributed by atoms with van der Waals surface area (Å²) in [5.41, 5.74) is 2.14. The number of anilines is 1. The number of aryl methyl sites for hydroxylation is 1. The fourth-order valence-corrected chi connectivity index (χ4v) is 3.99. The Bertz CT molecular complexity index is 1060. The largest absolute Gasteiger partial charge is 0.454 e. The molecule has 2 aromatic rings. The number of hydrogen-bond acceptors (Lipinski definition) is 6. The van der Waals surface area contributed by atoms with Crippen molar-refractivity contribution < 1.29 is 22.7 Å². The van der Waals surface area contributed by atoms with Gasteiger partial charge in [0.2, 0.25) is 0 Å². The maximum absolute atomic E-state index is 12.2. The molecule has 2 aromatic carbocycles. The fourth-order valence-electron chi connectivity index (χ4n) is 2.75. The number of benzene rings is 2. The van der Waals surface area contributed by atoms with Crippen molar-refractivity contribution in [1.82, 2.24) is 4.72 Å². The van der Waals surface area contributed by atoms with Crippen LogP contribution in [0.5, 0.6) is 0 Å². The van der Waals surface area contributed by atoms with Crippen molar-refractivity contribution in [1.29, 1.82) is 0 Å². The van der Waals surface area contributed by atoms with E-state index in [9.17, 15) is 18.0 Å². The van der Waals surface area contributed by atoms with Crippen LogP contribution in [0.15, 0.2) is 58.4 Å². The average Bonchev–Trinajstić information content (AvgIpc) is 2.97. The summed E-state index contributed by atoms with van der Waals surface area (Å²) >= 11 is 0. The summed E-state index contributed by atoms with van der Waals surface area (Å²) in [5, 5.41) is 2.64. The number of rotatable bonds is 6. The number of hydrogen-bond donors (Lipinski definition) is 2. The van der Waals surface area contributed by atoms with Gasteiger partial charge in [-0.25, -0.2) is 13.2 Å². The highest BCUT2D eigenvalue weighted by molar-refractivity contribution is 7.90. The molecular weight excluding hydrogens is 394 g/mol. The van der Waals surface area contributed by atoms with Crippen molar-refractivity contribution in [3.05, 3.63) is 59.7 Å². The van der Waals surface area contributed by atoms with Crippen molar-refractivity contribution in [3.8, 4) is 0 Å². The summed E-state index contributed by atoms with van der Waals surface area (Å²) in [6.07, 6.45) is 0.896. The first-order chi connectivity index (χ1) is 13.8. The van der Waals surface area contributed by atoms with Crippen molar-refractivity contribution in [2.45, 2.75) is 31.2 Å². The van der Waals surface area contributed by atoms with Crippen LogP contribution in [-0.4, -0.2) is 38.8 Å². The Labute approximate surface area is 169 Å². The molecule has 29 heavy (non-hydrogen) atoms. The van der Waals surface area contributed by atoms with E-state index >= 15 is 0 Å². The monoisotopic (exact) mass is 415 g/mol. The van der Waals surface area contributed by atoms with E-state index in [1.54, 1.807) is 30.3 Å². The summed E-state index contributed by atoms with van der Waals surface area (Å²) in [4.78, 5) is 28.3. The van der Waals surface area contributed by atoms with E-state index < -0.39 is 34.5 Å². The lowest BCUT2D eigenvalue weighted by Gasteiger charge is -2.10. The number of ether oxygens (including phenoxy) is 1. The zero-order valence-electron chi connectivity index (χ0n) is 16.0.